The molecule has 21 heteroatoms. The highest BCUT2D eigenvalue weighted by Gasteiger charge is 2.40. The number of hydrogen-bond donors (Lipinski definition) is 1. The minimum atomic E-state index is -5.04. The number of carbonyl (C=O) groups excluding carboxylic acids is 2. The maximum atomic E-state index is 13.9. The van der Waals surface area contributed by atoms with Gasteiger partial charge in [-0.2, -0.15) is 17.9 Å². The summed E-state index contributed by atoms with van der Waals surface area (Å²) in [6.07, 6.45) is -5.11. The molecule has 2 atom stereocenters. The molecule has 2 amide bonds. The van der Waals surface area contributed by atoms with Crippen molar-refractivity contribution in [3.63, 3.8) is 0 Å². The predicted molar refractivity (Wildman–Crippen MR) is 178 cm³/mol. The highest BCUT2D eigenvalue weighted by atomic mass is 35.5. The van der Waals surface area contributed by atoms with Crippen LogP contribution in [0.25, 0.3) is 17.2 Å². The third-order valence-corrected chi connectivity index (χ3v) is 10.6. The number of aromatic nitrogens is 7. The fraction of sp³-hybridized carbons (Fsp3) is 0.452. The number of rotatable bonds is 10. The lowest BCUT2D eigenvalue weighted by atomic mass is 10.2. The maximum absolute atomic E-state index is 13.9. The molecule has 0 radical (unpaired) electrons. The van der Waals surface area contributed by atoms with Crippen LogP contribution in [0, 0.1) is 0 Å². The van der Waals surface area contributed by atoms with E-state index in [1.54, 1.807) is 4.90 Å². The zero-order valence-electron chi connectivity index (χ0n) is 27.6. The van der Waals surface area contributed by atoms with Crippen LogP contribution in [-0.2, 0) is 27.7 Å². The van der Waals surface area contributed by atoms with Crippen LogP contribution in [0.5, 0.6) is 0 Å². The number of carbonyl (C=O) groups is 2. The Hall–Kier alpha value is -4.66. The summed E-state index contributed by atoms with van der Waals surface area (Å²) in [5, 5.41) is 18.8. The summed E-state index contributed by atoms with van der Waals surface area (Å²) in [7, 11) is -1.84. The smallest absolute Gasteiger partial charge is 0.383 e. The van der Waals surface area contributed by atoms with Crippen LogP contribution in [0.1, 0.15) is 39.6 Å². The van der Waals surface area contributed by atoms with Gasteiger partial charge >= 0.3 is 11.9 Å². The number of methoxy groups -OCH3 is 1. The molecule has 1 unspecified atom stereocenters. The van der Waals surface area contributed by atoms with Crippen LogP contribution in [-0.4, -0.2) is 132 Å². The molecule has 0 spiro atoms. The van der Waals surface area contributed by atoms with Gasteiger partial charge < -0.3 is 19.6 Å². The highest BCUT2D eigenvalue weighted by molar-refractivity contribution is 7.91. The third-order valence-electron chi connectivity index (χ3n) is 8.74. The highest BCUT2D eigenvalue weighted by Crippen LogP contribution is 2.26. The summed E-state index contributed by atoms with van der Waals surface area (Å²) in [5.41, 5.74) is -0.759. The molecule has 0 aliphatic carbocycles. The lowest BCUT2D eigenvalue weighted by Gasteiger charge is -2.26. The van der Waals surface area contributed by atoms with Crippen molar-refractivity contribution >= 4 is 33.3 Å². The number of hydrogen-bond acceptors (Lipinski definition) is 11. The van der Waals surface area contributed by atoms with Gasteiger partial charge in [0.25, 0.3) is 11.8 Å². The van der Waals surface area contributed by atoms with Gasteiger partial charge in [0, 0.05) is 43.5 Å². The molecule has 4 aromatic rings. The van der Waals surface area contributed by atoms with Gasteiger partial charge in [-0.15, -0.1) is 10.2 Å². The number of alkyl halides is 3. The molecule has 2 aliphatic rings. The van der Waals surface area contributed by atoms with E-state index in [0.29, 0.717) is 29.2 Å². The fourth-order valence-electron chi connectivity index (χ4n) is 6.05. The lowest BCUT2D eigenvalue weighted by molar-refractivity contribution is -0.207. The molecule has 2 saturated heterocycles. The van der Waals surface area contributed by atoms with E-state index in [1.165, 1.54) is 54.6 Å². The number of aliphatic hydroxyl groups is 1. The average Bonchev–Trinajstić information content (AvgIpc) is 3.83. The largest absolute Gasteiger partial charge is 0.416 e. The van der Waals surface area contributed by atoms with E-state index >= 15 is 0 Å². The zero-order chi connectivity index (χ0) is 37.4. The number of aliphatic hydroxyl groups excluding tert-OH is 1. The van der Waals surface area contributed by atoms with Gasteiger partial charge in [0.1, 0.15) is 6.54 Å². The number of likely N-dealkylation sites (tertiary alicyclic amines) is 1. The van der Waals surface area contributed by atoms with E-state index in [2.05, 4.69) is 20.2 Å². The summed E-state index contributed by atoms with van der Waals surface area (Å²) in [6, 6.07) is 8.60. The number of pyridine rings is 1. The quantitative estimate of drug-likeness (QED) is 0.246. The second-order valence-corrected chi connectivity index (χ2v) is 15.0. The van der Waals surface area contributed by atoms with E-state index in [9.17, 15) is 41.1 Å². The van der Waals surface area contributed by atoms with E-state index in [-0.39, 0.29) is 65.1 Å². The summed E-state index contributed by atoms with van der Waals surface area (Å²) in [6.45, 7) is -1.27. The van der Waals surface area contributed by atoms with Gasteiger partial charge in [0.2, 0.25) is 5.82 Å². The molecule has 1 aromatic carbocycles. The minimum Gasteiger partial charge on any atom is -0.383 e. The second kappa shape index (κ2) is 14.8. The first-order valence-electron chi connectivity index (χ1n) is 16.1. The van der Waals surface area contributed by atoms with Crippen LogP contribution >= 0.6 is 11.6 Å². The van der Waals surface area contributed by atoms with E-state index < -0.39 is 52.7 Å². The van der Waals surface area contributed by atoms with Crippen molar-refractivity contribution in [1.82, 2.24) is 43.9 Å². The van der Waals surface area contributed by atoms with Crippen molar-refractivity contribution in [2.45, 2.75) is 44.3 Å². The van der Waals surface area contributed by atoms with E-state index in [4.69, 9.17) is 16.3 Å². The molecular weight excluding hydrogens is 735 g/mol. The van der Waals surface area contributed by atoms with Gasteiger partial charge in [-0.3, -0.25) is 14.2 Å². The number of nitrogens with zero attached hydrogens (tertiary/aromatic N) is 9. The Morgan fingerprint density at radius 3 is 2.46 bits per heavy atom. The molecule has 2 fully saturated rings. The summed E-state index contributed by atoms with van der Waals surface area (Å²) in [5.74, 6) is -2.56. The Bertz CT molecular complexity index is 2120. The zero-order valence-corrected chi connectivity index (χ0v) is 29.2. The topological polar surface area (TPSA) is 188 Å². The summed E-state index contributed by atoms with van der Waals surface area (Å²) < 4.78 is 72.2. The Morgan fingerprint density at radius 2 is 1.79 bits per heavy atom. The van der Waals surface area contributed by atoms with Crippen LogP contribution in [0.3, 0.4) is 0 Å². The van der Waals surface area contributed by atoms with Crippen molar-refractivity contribution < 1.29 is 41.0 Å². The predicted octanol–water partition coefficient (Wildman–Crippen LogP) is 1.43. The lowest BCUT2D eigenvalue weighted by Crippen LogP contribution is -2.44. The minimum absolute atomic E-state index is 0.0738. The van der Waals surface area contributed by atoms with Crippen molar-refractivity contribution in [2.24, 2.45) is 0 Å². The van der Waals surface area contributed by atoms with E-state index in [0.717, 1.165) is 15.8 Å². The monoisotopic (exact) mass is 767 g/mol. The van der Waals surface area contributed by atoms with Crippen molar-refractivity contribution in [2.75, 3.05) is 44.9 Å². The summed E-state index contributed by atoms with van der Waals surface area (Å²) >= 11 is 5.98. The van der Waals surface area contributed by atoms with E-state index in [1.807, 2.05) is 0 Å². The first kappa shape index (κ1) is 37.1. The number of sulfone groups is 1. The van der Waals surface area contributed by atoms with Crippen LogP contribution in [0.4, 0.5) is 13.2 Å². The fourth-order valence-corrected chi connectivity index (χ4v) is 7.38. The van der Waals surface area contributed by atoms with Gasteiger partial charge in [-0.05, 0) is 49.2 Å². The molecule has 278 valence electrons. The Labute approximate surface area is 299 Å². The van der Waals surface area contributed by atoms with Gasteiger partial charge in [-0.25, -0.2) is 27.9 Å². The average molecular weight is 768 g/mol. The van der Waals surface area contributed by atoms with Gasteiger partial charge in [0.15, 0.2) is 33.4 Å². The Kier molecular flexibility index (Phi) is 10.5. The Morgan fingerprint density at radius 1 is 1.08 bits per heavy atom. The summed E-state index contributed by atoms with van der Waals surface area (Å²) in [4.78, 5) is 53.1. The molecule has 3 aromatic heterocycles. The number of ether oxygens (including phenoxy) is 1. The van der Waals surface area contributed by atoms with Crippen LogP contribution < -0.4 is 5.69 Å². The molecule has 5 heterocycles. The molecule has 6 rings (SSSR count). The molecule has 52 heavy (non-hydrogen) atoms. The molecule has 0 bridgehead atoms. The second-order valence-electron chi connectivity index (χ2n) is 12.3. The maximum Gasteiger partial charge on any atom is 0.416 e. The van der Waals surface area contributed by atoms with Crippen molar-refractivity contribution in [3.05, 3.63) is 75.3 Å². The molecule has 0 saturated carbocycles. The first-order chi connectivity index (χ1) is 24.7. The number of halogens is 4. The number of amides is 2. The van der Waals surface area contributed by atoms with Gasteiger partial charge in [-0.1, -0.05) is 11.6 Å². The SMILES string of the molecule is COCC1CCCN1C(=O)c1cccnc1-n1nc(Cn2nc(-c3ccc(Cl)cc3)n(C[C@H](O)C(F)(F)F)c2=O)nc1C(=O)N1CCS(=O)(=O)CC1. The van der Waals surface area contributed by atoms with Crippen LogP contribution in [0.15, 0.2) is 47.4 Å². The Balaban J connectivity index is 1.43. The van der Waals surface area contributed by atoms with Crippen molar-refractivity contribution in [3.8, 4) is 17.2 Å². The first-order valence-corrected chi connectivity index (χ1v) is 18.3. The normalized spacial score (nSPS) is 18.2. The molecule has 1 N–H and O–H groups in total. The standard InChI is InChI=1S/C31H33ClF3N9O7S/c1-51-18-21-4-3-11-41(21)28(46)22-5-2-10-36-26(22)44-27(29(47)40-12-14-52(49,50)15-13-40)37-24(38-44)17-43-30(48)42(16-23(45)31(33,34)35)25(39-43)19-6-8-20(32)9-7-19/h2,5-10,21,23,45H,3-4,11-18H2,1H3/t21?,23-/m0/s1. The third kappa shape index (κ3) is 7.74. The van der Waals surface area contributed by atoms with Gasteiger partial charge in [0.05, 0.1) is 36.3 Å². The van der Waals surface area contributed by atoms with Crippen LogP contribution in [0.2, 0.25) is 5.02 Å². The van der Waals surface area contributed by atoms with Crippen molar-refractivity contribution in [1.29, 1.82) is 0 Å². The molecule has 16 nitrogen and oxygen atoms in total. The number of benzene rings is 1. The molecule has 2 aliphatic heterocycles. The molecular formula is C31H33ClF3N9O7S.